The third-order valence-corrected chi connectivity index (χ3v) is 2.58. The minimum Gasteiger partial charge on any atom is -0.768 e. The predicted molar refractivity (Wildman–Crippen MR) is 52.3 cm³/mol. The van der Waals surface area contributed by atoms with Gasteiger partial charge in [0.05, 0.1) is 0 Å². The molecule has 1 aromatic rings. The molecule has 0 heterocycles. The van der Waals surface area contributed by atoms with Crippen LogP contribution in [0.3, 0.4) is 0 Å². The minimum absolute atomic E-state index is 0.0181. The van der Waals surface area contributed by atoms with Crippen molar-refractivity contribution in [2.75, 3.05) is 0 Å². The van der Waals surface area contributed by atoms with E-state index in [1.165, 1.54) is 12.1 Å². The lowest BCUT2D eigenvalue weighted by Crippen LogP contribution is -2.13. The zero-order valence-corrected chi connectivity index (χ0v) is 9.15. The van der Waals surface area contributed by atoms with Crippen molar-refractivity contribution in [1.29, 1.82) is 0 Å². The van der Waals surface area contributed by atoms with Gasteiger partial charge in [0.25, 0.3) is 0 Å². The van der Waals surface area contributed by atoms with E-state index in [4.69, 9.17) is 0 Å². The van der Waals surface area contributed by atoms with Crippen molar-refractivity contribution in [2.45, 2.75) is 31.1 Å². The fourth-order valence-corrected chi connectivity index (χ4v) is 1.59. The van der Waals surface area contributed by atoms with Crippen LogP contribution in [0.4, 0.5) is 4.39 Å². The molecule has 1 aromatic carbocycles. The molecule has 1 unspecified atom stereocenters. The van der Waals surface area contributed by atoms with E-state index < -0.39 is 16.9 Å². The normalized spacial score (nSPS) is 14.1. The first-order valence-electron chi connectivity index (χ1n) is 4.21. The molecule has 2 nitrogen and oxygen atoms in total. The summed E-state index contributed by atoms with van der Waals surface area (Å²) >= 11 is -2.36. The van der Waals surface area contributed by atoms with Gasteiger partial charge in [-0.2, -0.15) is 0 Å². The predicted octanol–water partition coefficient (Wildman–Crippen LogP) is 2.36. The van der Waals surface area contributed by atoms with E-state index in [0.717, 1.165) is 6.07 Å². The molecule has 1 rings (SSSR count). The Labute approximate surface area is 85.4 Å². The summed E-state index contributed by atoms with van der Waals surface area (Å²) in [5.74, 6) is -0.473. The maximum Gasteiger partial charge on any atom is 0.128 e. The summed E-state index contributed by atoms with van der Waals surface area (Å²) in [5.41, 5.74) is 0.208. The molecule has 0 amide bonds. The molecule has 0 aromatic heterocycles. The van der Waals surface area contributed by atoms with Crippen molar-refractivity contribution in [3.05, 3.63) is 29.6 Å². The summed E-state index contributed by atoms with van der Waals surface area (Å²) in [7, 11) is 0. The van der Waals surface area contributed by atoms with E-state index in [9.17, 15) is 13.2 Å². The topological polar surface area (TPSA) is 40.1 Å². The molecule has 4 heteroatoms. The molecule has 14 heavy (non-hydrogen) atoms. The molecule has 0 N–H and O–H groups in total. The lowest BCUT2D eigenvalue weighted by atomic mass is 9.87. The molecule has 0 radical (unpaired) electrons. The van der Waals surface area contributed by atoms with Gasteiger partial charge >= 0.3 is 0 Å². The monoisotopic (exact) mass is 215 g/mol. The summed E-state index contributed by atoms with van der Waals surface area (Å²) in [4.78, 5) is -0.0181. The molecule has 0 spiro atoms. The highest BCUT2D eigenvalue weighted by atomic mass is 32.2. The quantitative estimate of drug-likeness (QED) is 0.675. The average Bonchev–Trinajstić information content (AvgIpc) is 2.01. The van der Waals surface area contributed by atoms with Gasteiger partial charge in [-0.3, -0.25) is 4.21 Å². The van der Waals surface area contributed by atoms with Crippen molar-refractivity contribution >= 4 is 11.1 Å². The fourth-order valence-electron chi connectivity index (χ4n) is 1.21. The summed E-state index contributed by atoms with van der Waals surface area (Å²) in [6.45, 7) is 5.62. The standard InChI is InChI=1S/C10H13FO2S/c1-10(2,3)8-5-4-7(14(12)13)6-9(8)11/h4-6H,1-3H3,(H,12,13)/p-1. The third-order valence-electron chi connectivity index (χ3n) is 1.94. The lowest BCUT2D eigenvalue weighted by molar-refractivity contribution is 0.514. The average molecular weight is 215 g/mol. The Morgan fingerprint density at radius 2 is 1.93 bits per heavy atom. The number of benzene rings is 1. The second-order valence-corrected chi connectivity index (χ2v) is 5.07. The number of hydrogen-bond acceptors (Lipinski definition) is 2. The van der Waals surface area contributed by atoms with Crippen molar-refractivity contribution in [2.24, 2.45) is 0 Å². The Morgan fingerprint density at radius 3 is 2.29 bits per heavy atom. The number of halogens is 1. The Hall–Kier alpha value is -0.740. The molecule has 0 bridgehead atoms. The smallest absolute Gasteiger partial charge is 0.128 e. The summed E-state index contributed by atoms with van der Waals surface area (Å²) in [5, 5.41) is 0. The molecule has 0 saturated heterocycles. The SMILES string of the molecule is CC(C)(C)c1ccc(S(=O)[O-])cc1F. The van der Waals surface area contributed by atoms with Crippen molar-refractivity contribution in [3.63, 3.8) is 0 Å². The Morgan fingerprint density at radius 1 is 1.36 bits per heavy atom. The van der Waals surface area contributed by atoms with Crippen molar-refractivity contribution in [1.82, 2.24) is 0 Å². The van der Waals surface area contributed by atoms with Crippen LogP contribution < -0.4 is 0 Å². The van der Waals surface area contributed by atoms with Gasteiger partial charge in [0, 0.05) is 4.90 Å². The molecular formula is C10H12FO2S-. The number of hydrogen-bond donors (Lipinski definition) is 0. The lowest BCUT2D eigenvalue weighted by Gasteiger charge is -2.20. The van der Waals surface area contributed by atoms with E-state index >= 15 is 0 Å². The van der Waals surface area contributed by atoms with E-state index in [2.05, 4.69) is 0 Å². The van der Waals surface area contributed by atoms with E-state index in [-0.39, 0.29) is 10.3 Å². The maximum atomic E-state index is 13.4. The zero-order chi connectivity index (χ0) is 10.9. The van der Waals surface area contributed by atoms with Crippen LogP contribution >= 0.6 is 0 Å². The molecule has 0 aliphatic heterocycles. The van der Waals surface area contributed by atoms with Crippen LogP contribution in [-0.4, -0.2) is 8.76 Å². The Balaban J connectivity index is 3.21. The Kier molecular flexibility index (Phi) is 3.07. The van der Waals surface area contributed by atoms with Gasteiger partial charge < -0.3 is 4.55 Å². The first-order valence-corrected chi connectivity index (χ1v) is 5.29. The first-order chi connectivity index (χ1) is 6.32. The highest BCUT2D eigenvalue weighted by Gasteiger charge is 2.18. The molecule has 0 aliphatic carbocycles. The third kappa shape index (κ3) is 2.39. The summed E-state index contributed by atoms with van der Waals surface area (Å²) in [6, 6.07) is 3.97. The molecule has 0 aliphatic rings. The fraction of sp³-hybridized carbons (Fsp3) is 0.400. The molecule has 78 valence electrons. The van der Waals surface area contributed by atoms with Gasteiger partial charge in [-0.15, -0.1) is 0 Å². The van der Waals surface area contributed by atoms with Gasteiger partial charge in [-0.1, -0.05) is 26.8 Å². The highest BCUT2D eigenvalue weighted by Crippen LogP contribution is 2.26. The van der Waals surface area contributed by atoms with Crippen LogP contribution in [0.2, 0.25) is 0 Å². The van der Waals surface area contributed by atoms with Gasteiger partial charge in [0.15, 0.2) is 0 Å². The minimum atomic E-state index is -2.36. The summed E-state index contributed by atoms with van der Waals surface area (Å²) < 4.78 is 34.5. The van der Waals surface area contributed by atoms with Crippen LogP contribution in [0.25, 0.3) is 0 Å². The Bertz CT molecular complexity index is 369. The summed E-state index contributed by atoms with van der Waals surface area (Å²) in [6.07, 6.45) is 0. The van der Waals surface area contributed by atoms with Crippen LogP contribution in [-0.2, 0) is 16.5 Å². The van der Waals surface area contributed by atoms with Crippen LogP contribution in [0.15, 0.2) is 23.1 Å². The zero-order valence-electron chi connectivity index (χ0n) is 8.33. The van der Waals surface area contributed by atoms with Gasteiger partial charge in [0.1, 0.15) is 5.82 Å². The van der Waals surface area contributed by atoms with Crippen LogP contribution in [0, 0.1) is 5.82 Å². The van der Waals surface area contributed by atoms with E-state index in [0.29, 0.717) is 5.56 Å². The highest BCUT2D eigenvalue weighted by molar-refractivity contribution is 7.79. The molecule has 0 fully saturated rings. The molecule has 0 saturated carbocycles. The first kappa shape index (κ1) is 11.3. The number of rotatable bonds is 1. The van der Waals surface area contributed by atoms with Gasteiger partial charge in [0.2, 0.25) is 0 Å². The van der Waals surface area contributed by atoms with Gasteiger partial charge in [-0.25, -0.2) is 4.39 Å². The van der Waals surface area contributed by atoms with E-state index in [1.807, 2.05) is 20.8 Å². The maximum absolute atomic E-state index is 13.4. The van der Waals surface area contributed by atoms with Crippen LogP contribution in [0.1, 0.15) is 26.3 Å². The molecular weight excluding hydrogens is 203 g/mol. The second kappa shape index (κ2) is 3.79. The van der Waals surface area contributed by atoms with E-state index in [1.54, 1.807) is 0 Å². The molecule has 1 atom stereocenters. The van der Waals surface area contributed by atoms with Gasteiger partial charge in [-0.05, 0) is 34.2 Å². The van der Waals surface area contributed by atoms with Crippen molar-refractivity contribution < 1.29 is 13.2 Å². The largest absolute Gasteiger partial charge is 0.768 e. The second-order valence-electron chi connectivity index (χ2n) is 4.13. The van der Waals surface area contributed by atoms with Crippen LogP contribution in [0.5, 0.6) is 0 Å². The van der Waals surface area contributed by atoms with Crippen molar-refractivity contribution in [3.8, 4) is 0 Å².